The molecule has 0 atom stereocenters. The molecule has 0 radical (unpaired) electrons. The molecule has 1 aromatic rings. The molecule has 0 saturated heterocycles. The van der Waals surface area contributed by atoms with Gasteiger partial charge in [-0.2, -0.15) is 11.8 Å². The second kappa shape index (κ2) is 6.97. The fourth-order valence-electron chi connectivity index (χ4n) is 1.31. The fourth-order valence-corrected chi connectivity index (χ4v) is 2.44. The predicted molar refractivity (Wildman–Crippen MR) is 72.3 cm³/mol. The van der Waals surface area contributed by atoms with Crippen molar-refractivity contribution in [2.24, 2.45) is 5.92 Å². The molecule has 0 aliphatic carbocycles. The van der Waals surface area contributed by atoms with Crippen LogP contribution in [0, 0.1) is 5.92 Å². The molecular formula is C13H17ClOS. The number of hydrogen-bond donors (Lipinski definition) is 0. The number of Topliss-reactive ketones (excluding diaryl/α,β-unsaturated/α-hetero) is 1. The van der Waals surface area contributed by atoms with Crippen LogP contribution in [-0.4, -0.2) is 17.3 Å². The minimum atomic E-state index is 0.249. The maximum Gasteiger partial charge on any atom is 0.147 e. The Bertz CT molecular complexity index is 350. The highest BCUT2D eigenvalue weighted by atomic mass is 35.5. The third kappa shape index (κ3) is 5.04. The number of rotatable bonds is 6. The van der Waals surface area contributed by atoms with E-state index in [4.69, 9.17) is 11.6 Å². The van der Waals surface area contributed by atoms with Gasteiger partial charge < -0.3 is 0 Å². The van der Waals surface area contributed by atoms with Crippen molar-refractivity contribution in [3.63, 3.8) is 0 Å². The average molecular weight is 257 g/mol. The molecule has 0 bridgehead atoms. The molecule has 16 heavy (non-hydrogen) atoms. The Kier molecular flexibility index (Phi) is 5.93. The van der Waals surface area contributed by atoms with Gasteiger partial charge in [0.25, 0.3) is 0 Å². The summed E-state index contributed by atoms with van der Waals surface area (Å²) in [5.41, 5.74) is 0.930. The van der Waals surface area contributed by atoms with Gasteiger partial charge in [0.1, 0.15) is 5.78 Å². The van der Waals surface area contributed by atoms with Gasteiger partial charge in [-0.1, -0.05) is 43.6 Å². The summed E-state index contributed by atoms with van der Waals surface area (Å²) in [4.78, 5) is 11.7. The van der Waals surface area contributed by atoms with E-state index in [1.807, 2.05) is 24.3 Å². The van der Waals surface area contributed by atoms with E-state index in [0.29, 0.717) is 23.1 Å². The predicted octanol–water partition coefficient (Wildman–Crippen LogP) is 3.84. The molecule has 0 aliphatic heterocycles. The quantitative estimate of drug-likeness (QED) is 0.769. The van der Waals surface area contributed by atoms with E-state index in [1.165, 1.54) is 0 Å². The molecule has 0 N–H and O–H groups in total. The summed E-state index contributed by atoms with van der Waals surface area (Å²) >= 11 is 7.70. The lowest BCUT2D eigenvalue weighted by Crippen LogP contribution is -2.07. The summed E-state index contributed by atoms with van der Waals surface area (Å²) < 4.78 is 0. The Morgan fingerprint density at radius 2 is 2.06 bits per heavy atom. The molecular weight excluding hydrogens is 240 g/mol. The highest BCUT2D eigenvalue weighted by Crippen LogP contribution is 2.16. The fraction of sp³-hybridized carbons (Fsp3) is 0.462. The molecule has 0 heterocycles. The van der Waals surface area contributed by atoms with E-state index in [2.05, 4.69) is 13.8 Å². The van der Waals surface area contributed by atoms with Crippen LogP contribution in [-0.2, 0) is 11.2 Å². The summed E-state index contributed by atoms with van der Waals surface area (Å²) in [7, 11) is 0. The van der Waals surface area contributed by atoms with Gasteiger partial charge in [-0.05, 0) is 23.3 Å². The largest absolute Gasteiger partial charge is 0.298 e. The van der Waals surface area contributed by atoms with Gasteiger partial charge in [-0.25, -0.2) is 0 Å². The lowest BCUT2D eigenvalue weighted by molar-refractivity contribution is -0.116. The zero-order chi connectivity index (χ0) is 12.0. The number of benzene rings is 1. The maximum atomic E-state index is 11.7. The Morgan fingerprint density at radius 1 is 1.38 bits per heavy atom. The normalized spacial score (nSPS) is 10.8. The third-order valence-corrected chi connectivity index (χ3v) is 3.86. The van der Waals surface area contributed by atoms with E-state index >= 15 is 0 Å². The van der Waals surface area contributed by atoms with Crippen molar-refractivity contribution in [1.82, 2.24) is 0 Å². The number of halogens is 1. The van der Waals surface area contributed by atoms with Gasteiger partial charge in [-0.3, -0.25) is 4.79 Å². The van der Waals surface area contributed by atoms with Crippen molar-refractivity contribution in [1.29, 1.82) is 0 Å². The van der Waals surface area contributed by atoms with Crippen molar-refractivity contribution in [2.45, 2.75) is 20.3 Å². The number of carbonyl (C=O) groups is 1. The second-order valence-corrected chi connectivity index (χ2v) is 5.65. The zero-order valence-corrected chi connectivity index (χ0v) is 11.3. The molecule has 0 amide bonds. The summed E-state index contributed by atoms with van der Waals surface area (Å²) in [6.45, 7) is 4.32. The highest BCUT2D eigenvalue weighted by molar-refractivity contribution is 7.99. The maximum absolute atomic E-state index is 11.7. The van der Waals surface area contributed by atoms with Crippen molar-refractivity contribution in [3.8, 4) is 0 Å². The first-order valence-electron chi connectivity index (χ1n) is 5.42. The molecule has 0 spiro atoms. The molecule has 1 nitrogen and oxygen atoms in total. The van der Waals surface area contributed by atoms with Crippen LogP contribution in [0.3, 0.4) is 0 Å². The number of thioether (sulfide) groups is 1. The summed E-state index contributed by atoms with van der Waals surface area (Å²) in [5.74, 6) is 2.51. The van der Waals surface area contributed by atoms with Crippen LogP contribution in [0.5, 0.6) is 0 Å². The SMILES string of the molecule is CC(C)CSCC(=O)Cc1ccccc1Cl. The first kappa shape index (κ1) is 13.6. The Balaban J connectivity index is 2.37. The number of carbonyl (C=O) groups excluding carboxylic acids is 1. The Morgan fingerprint density at radius 3 is 2.69 bits per heavy atom. The lowest BCUT2D eigenvalue weighted by atomic mass is 10.1. The van der Waals surface area contributed by atoms with Gasteiger partial charge in [0.15, 0.2) is 0 Å². The van der Waals surface area contributed by atoms with Crippen molar-refractivity contribution >= 4 is 29.1 Å². The van der Waals surface area contributed by atoms with E-state index < -0.39 is 0 Å². The van der Waals surface area contributed by atoms with E-state index in [-0.39, 0.29) is 5.78 Å². The molecule has 0 saturated carbocycles. The van der Waals surface area contributed by atoms with E-state index in [9.17, 15) is 4.79 Å². The van der Waals surface area contributed by atoms with Crippen LogP contribution in [0.15, 0.2) is 24.3 Å². The molecule has 0 unspecified atom stereocenters. The third-order valence-electron chi connectivity index (χ3n) is 2.06. The minimum absolute atomic E-state index is 0.249. The topological polar surface area (TPSA) is 17.1 Å². The van der Waals surface area contributed by atoms with Crippen LogP contribution < -0.4 is 0 Å². The van der Waals surface area contributed by atoms with E-state index in [1.54, 1.807) is 11.8 Å². The Hall–Kier alpha value is -0.470. The van der Waals surface area contributed by atoms with Gasteiger partial charge in [0.05, 0.1) is 5.75 Å². The van der Waals surface area contributed by atoms with Crippen molar-refractivity contribution < 1.29 is 4.79 Å². The highest BCUT2D eigenvalue weighted by Gasteiger charge is 2.07. The Labute approximate surface area is 107 Å². The van der Waals surface area contributed by atoms with Gasteiger partial charge >= 0.3 is 0 Å². The van der Waals surface area contributed by atoms with Crippen molar-refractivity contribution in [3.05, 3.63) is 34.9 Å². The van der Waals surface area contributed by atoms with Crippen LogP contribution in [0.25, 0.3) is 0 Å². The van der Waals surface area contributed by atoms with Gasteiger partial charge in [0.2, 0.25) is 0 Å². The minimum Gasteiger partial charge on any atom is -0.298 e. The van der Waals surface area contributed by atoms with E-state index in [0.717, 1.165) is 11.3 Å². The smallest absolute Gasteiger partial charge is 0.147 e. The average Bonchev–Trinajstić information content (AvgIpc) is 2.21. The number of hydrogen-bond acceptors (Lipinski definition) is 2. The van der Waals surface area contributed by atoms with Crippen LogP contribution in [0.2, 0.25) is 5.02 Å². The molecule has 1 aromatic carbocycles. The lowest BCUT2D eigenvalue weighted by Gasteiger charge is -2.05. The molecule has 0 fully saturated rings. The molecule has 0 aliphatic rings. The summed E-state index contributed by atoms with van der Waals surface area (Å²) in [5, 5.41) is 0.685. The second-order valence-electron chi connectivity index (χ2n) is 4.22. The first-order valence-corrected chi connectivity index (χ1v) is 6.95. The number of ketones is 1. The van der Waals surface area contributed by atoms with Gasteiger partial charge in [-0.15, -0.1) is 0 Å². The van der Waals surface area contributed by atoms with Crippen LogP contribution in [0.4, 0.5) is 0 Å². The first-order chi connectivity index (χ1) is 7.59. The van der Waals surface area contributed by atoms with Crippen LogP contribution >= 0.6 is 23.4 Å². The molecule has 0 aromatic heterocycles. The molecule has 3 heteroatoms. The molecule has 88 valence electrons. The standard InChI is InChI=1S/C13H17ClOS/c1-10(2)8-16-9-12(15)7-11-5-3-4-6-13(11)14/h3-6,10H,7-9H2,1-2H3. The monoisotopic (exact) mass is 256 g/mol. The van der Waals surface area contributed by atoms with Gasteiger partial charge in [0, 0.05) is 11.4 Å². The summed E-state index contributed by atoms with van der Waals surface area (Å²) in [6, 6.07) is 7.53. The molecule has 1 rings (SSSR count). The van der Waals surface area contributed by atoms with Crippen LogP contribution in [0.1, 0.15) is 19.4 Å². The zero-order valence-electron chi connectivity index (χ0n) is 9.70. The van der Waals surface area contributed by atoms with Crippen molar-refractivity contribution in [2.75, 3.05) is 11.5 Å². The summed E-state index contributed by atoms with van der Waals surface area (Å²) in [6.07, 6.45) is 0.449.